The second kappa shape index (κ2) is 6.30. The maximum atomic E-state index is 5.39. The first-order chi connectivity index (χ1) is 7.88. The van der Waals surface area contributed by atoms with Gasteiger partial charge < -0.3 is 15.4 Å². The summed E-state index contributed by atoms with van der Waals surface area (Å²) in [6.07, 6.45) is 3.05. The van der Waals surface area contributed by atoms with Crippen molar-refractivity contribution in [2.75, 3.05) is 26.3 Å². The summed E-state index contributed by atoms with van der Waals surface area (Å²) >= 11 is 1.79. The van der Waals surface area contributed by atoms with Crippen molar-refractivity contribution in [1.82, 2.24) is 15.6 Å². The molecule has 1 fully saturated rings. The van der Waals surface area contributed by atoms with Crippen molar-refractivity contribution < 1.29 is 4.74 Å². The first kappa shape index (κ1) is 12.0. The van der Waals surface area contributed by atoms with E-state index in [0.29, 0.717) is 6.04 Å². The van der Waals surface area contributed by atoms with Gasteiger partial charge in [0.25, 0.3) is 0 Å². The molecule has 1 saturated heterocycles. The minimum absolute atomic E-state index is 0.444. The predicted octanol–water partition coefficient (Wildman–Crippen LogP) is 0.783. The van der Waals surface area contributed by atoms with Crippen LogP contribution in [0, 0.1) is 0 Å². The third-order valence-corrected chi connectivity index (χ3v) is 3.76. The quantitative estimate of drug-likeness (QED) is 0.800. The summed E-state index contributed by atoms with van der Waals surface area (Å²) in [6, 6.07) is 0.444. The number of nitrogens with zero attached hydrogens (tertiary/aromatic N) is 1. The lowest BCUT2D eigenvalue weighted by Gasteiger charge is -2.23. The Morgan fingerprint density at radius 2 is 2.62 bits per heavy atom. The lowest BCUT2D eigenvalue weighted by Crippen LogP contribution is -2.47. The predicted molar refractivity (Wildman–Crippen MR) is 65.8 cm³/mol. The highest BCUT2D eigenvalue weighted by Crippen LogP contribution is 2.12. The summed E-state index contributed by atoms with van der Waals surface area (Å²) in [4.78, 5) is 5.73. The molecule has 0 radical (unpaired) electrons. The lowest BCUT2D eigenvalue weighted by molar-refractivity contribution is 0.0766. The molecule has 5 heteroatoms. The Kier molecular flexibility index (Phi) is 4.71. The molecule has 1 unspecified atom stereocenters. The molecule has 0 spiro atoms. The van der Waals surface area contributed by atoms with E-state index >= 15 is 0 Å². The van der Waals surface area contributed by atoms with Crippen molar-refractivity contribution in [3.63, 3.8) is 0 Å². The van der Waals surface area contributed by atoms with Gasteiger partial charge in [0, 0.05) is 36.8 Å². The van der Waals surface area contributed by atoms with Gasteiger partial charge in [-0.3, -0.25) is 0 Å². The van der Waals surface area contributed by atoms with Crippen LogP contribution in [0.4, 0.5) is 0 Å². The summed E-state index contributed by atoms with van der Waals surface area (Å²) in [6.45, 7) is 6.58. The number of aromatic nitrogens is 1. The molecule has 0 aromatic carbocycles. The zero-order chi connectivity index (χ0) is 11.2. The first-order valence-electron chi connectivity index (χ1n) is 5.84. The molecule has 2 rings (SSSR count). The molecule has 0 saturated carbocycles. The Balaban J connectivity index is 1.66. The molecule has 90 valence electrons. The van der Waals surface area contributed by atoms with Gasteiger partial charge in [-0.1, -0.05) is 6.92 Å². The van der Waals surface area contributed by atoms with Crippen LogP contribution in [-0.2, 0) is 17.7 Å². The van der Waals surface area contributed by atoms with Crippen LogP contribution in [0.15, 0.2) is 6.20 Å². The van der Waals surface area contributed by atoms with Crippen LogP contribution in [0.1, 0.15) is 16.8 Å². The maximum Gasteiger partial charge on any atom is 0.107 e. The zero-order valence-corrected chi connectivity index (χ0v) is 10.5. The highest BCUT2D eigenvalue weighted by molar-refractivity contribution is 7.11. The van der Waals surface area contributed by atoms with Crippen LogP contribution in [0.3, 0.4) is 0 Å². The molecular formula is C11H19N3OS. The SMILES string of the molecule is CCc1cnc(CNCC2COCCN2)s1. The van der Waals surface area contributed by atoms with Gasteiger partial charge in [-0.25, -0.2) is 4.98 Å². The topological polar surface area (TPSA) is 46.2 Å². The third-order valence-electron chi connectivity index (χ3n) is 2.62. The summed E-state index contributed by atoms with van der Waals surface area (Å²) in [5.74, 6) is 0. The third kappa shape index (κ3) is 3.52. The molecule has 4 nitrogen and oxygen atoms in total. The van der Waals surface area contributed by atoms with Crippen molar-refractivity contribution in [2.24, 2.45) is 0 Å². The van der Waals surface area contributed by atoms with Crippen LogP contribution < -0.4 is 10.6 Å². The van der Waals surface area contributed by atoms with Crippen molar-refractivity contribution in [3.05, 3.63) is 16.1 Å². The Morgan fingerprint density at radius 3 is 3.31 bits per heavy atom. The molecule has 2 heterocycles. The van der Waals surface area contributed by atoms with E-state index < -0.39 is 0 Å². The van der Waals surface area contributed by atoms with Crippen molar-refractivity contribution >= 4 is 11.3 Å². The van der Waals surface area contributed by atoms with Crippen LogP contribution in [0.2, 0.25) is 0 Å². The Labute approximate surface area is 100 Å². The number of morpholine rings is 1. The van der Waals surface area contributed by atoms with Gasteiger partial charge in [-0.15, -0.1) is 11.3 Å². The molecule has 1 aliphatic heterocycles. The minimum atomic E-state index is 0.444. The van der Waals surface area contributed by atoms with E-state index in [1.165, 1.54) is 9.88 Å². The van der Waals surface area contributed by atoms with Crippen LogP contribution in [0.25, 0.3) is 0 Å². The zero-order valence-electron chi connectivity index (χ0n) is 9.66. The van der Waals surface area contributed by atoms with Gasteiger partial charge in [0.2, 0.25) is 0 Å². The van der Waals surface area contributed by atoms with Crippen molar-refractivity contribution in [1.29, 1.82) is 0 Å². The average molecular weight is 241 g/mol. The molecule has 0 bridgehead atoms. The number of ether oxygens (including phenoxy) is 1. The van der Waals surface area contributed by atoms with Gasteiger partial charge >= 0.3 is 0 Å². The van der Waals surface area contributed by atoms with Crippen LogP contribution in [0.5, 0.6) is 0 Å². The summed E-state index contributed by atoms with van der Waals surface area (Å²) < 4.78 is 5.39. The monoisotopic (exact) mass is 241 g/mol. The average Bonchev–Trinajstić information content (AvgIpc) is 2.78. The number of aryl methyl sites for hydroxylation is 1. The van der Waals surface area contributed by atoms with Crippen LogP contribution in [-0.4, -0.2) is 37.3 Å². The highest BCUT2D eigenvalue weighted by atomic mass is 32.1. The molecule has 1 aromatic heterocycles. The fourth-order valence-electron chi connectivity index (χ4n) is 1.70. The normalized spacial score (nSPS) is 21.2. The summed E-state index contributed by atoms with van der Waals surface area (Å²) in [5, 5.41) is 8.01. The molecule has 1 aliphatic rings. The minimum Gasteiger partial charge on any atom is -0.378 e. The van der Waals surface area contributed by atoms with E-state index in [1.54, 1.807) is 11.3 Å². The fraction of sp³-hybridized carbons (Fsp3) is 0.727. The van der Waals surface area contributed by atoms with Gasteiger partial charge in [-0.2, -0.15) is 0 Å². The van der Waals surface area contributed by atoms with Crippen molar-refractivity contribution in [2.45, 2.75) is 25.9 Å². The van der Waals surface area contributed by atoms with Gasteiger partial charge in [0.15, 0.2) is 0 Å². The number of rotatable bonds is 5. The smallest absolute Gasteiger partial charge is 0.107 e. The van der Waals surface area contributed by atoms with Gasteiger partial charge in [-0.05, 0) is 6.42 Å². The Hall–Kier alpha value is -0.490. The largest absolute Gasteiger partial charge is 0.378 e. The van der Waals surface area contributed by atoms with Gasteiger partial charge in [0.1, 0.15) is 5.01 Å². The number of thiazole rings is 1. The standard InChI is InChI=1S/C11H19N3OS/c1-2-10-6-14-11(16-10)7-12-5-9-8-15-4-3-13-9/h6,9,12-13H,2-5,7-8H2,1H3. The van der Waals surface area contributed by atoms with E-state index in [0.717, 1.165) is 39.3 Å². The lowest BCUT2D eigenvalue weighted by atomic mass is 10.3. The molecule has 1 aromatic rings. The summed E-state index contributed by atoms with van der Waals surface area (Å²) in [7, 11) is 0. The number of hydrogen-bond donors (Lipinski definition) is 2. The second-order valence-electron chi connectivity index (χ2n) is 3.93. The first-order valence-corrected chi connectivity index (χ1v) is 6.65. The second-order valence-corrected chi connectivity index (χ2v) is 5.13. The Bertz CT molecular complexity index is 310. The van der Waals surface area contributed by atoms with Crippen LogP contribution >= 0.6 is 11.3 Å². The molecule has 0 amide bonds. The van der Waals surface area contributed by atoms with E-state index in [9.17, 15) is 0 Å². The Morgan fingerprint density at radius 1 is 1.69 bits per heavy atom. The maximum absolute atomic E-state index is 5.39. The summed E-state index contributed by atoms with van der Waals surface area (Å²) in [5.41, 5.74) is 0. The molecule has 2 N–H and O–H groups in total. The van der Waals surface area contributed by atoms with E-state index in [2.05, 4.69) is 22.5 Å². The van der Waals surface area contributed by atoms with Crippen molar-refractivity contribution in [3.8, 4) is 0 Å². The molecular weight excluding hydrogens is 222 g/mol. The highest BCUT2D eigenvalue weighted by Gasteiger charge is 2.12. The van der Waals surface area contributed by atoms with E-state index in [1.807, 2.05) is 6.20 Å². The fourth-order valence-corrected chi connectivity index (χ4v) is 2.53. The number of nitrogens with one attached hydrogen (secondary N) is 2. The van der Waals surface area contributed by atoms with E-state index in [4.69, 9.17) is 4.74 Å². The molecule has 0 aliphatic carbocycles. The number of hydrogen-bond acceptors (Lipinski definition) is 5. The van der Waals surface area contributed by atoms with Gasteiger partial charge in [0.05, 0.1) is 13.2 Å². The van der Waals surface area contributed by atoms with E-state index in [-0.39, 0.29) is 0 Å². The molecule has 16 heavy (non-hydrogen) atoms. The molecule has 1 atom stereocenters.